The van der Waals surface area contributed by atoms with Crippen molar-refractivity contribution >= 4 is 8.58 Å². The summed E-state index contributed by atoms with van der Waals surface area (Å²) in [4.78, 5) is 0. The average Bonchev–Trinajstić information content (AvgIpc) is 2.22. The average molecular weight is 103 g/mol. The largest absolute Gasteiger partial charge is 0.322 e. The third-order valence-corrected chi connectivity index (χ3v) is 2.78. The molecule has 1 fully saturated rings. The Kier molecular flexibility index (Phi) is 0.893. The van der Waals surface area contributed by atoms with Crippen LogP contribution in [0.4, 0.5) is 0 Å². The lowest BCUT2D eigenvalue weighted by molar-refractivity contribution is 0.977. The van der Waals surface area contributed by atoms with Gasteiger partial charge in [0.1, 0.15) is 0 Å². The van der Waals surface area contributed by atoms with E-state index in [2.05, 4.69) is 6.66 Å². The Morgan fingerprint density at radius 2 is 2.17 bits per heavy atom. The highest BCUT2D eigenvalue weighted by Crippen LogP contribution is 2.45. The molecule has 0 amide bonds. The Labute approximate surface area is 40.1 Å². The lowest BCUT2D eigenvalue weighted by atomic mass is 10.8. The van der Waals surface area contributed by atoms with E-state index in [0.29, 0.717) is 5.28 Å². The maximum absolute atomic E-state index is 5.66. The molecule has 1 nitrogen and oxygen atoms in total. The monoisotopic (exact) mass is 103 g/mol. The van der Waals surface area contributed by atoms with E-state index in [9.17, 15) is 0 Å². The molecule has 0 bridgehead atoms. The predicted octanol–water partition coefficient (Wildman–Crippen LogP) is 0.744. The van der Waals surface area contributed by atoms with Gasteiger partial charge in [-0.25, -0.2) is 0 Å². The fourth-order valence-electron chi connectivity index (χ4n) is 0.385. The summed E-state index contributed by atoms with van der Waals surface area (Å²) >= 11 is 0. The first-order chi connectivity index (χ1) is 2.77. The molecule has 0 heterocycles. The molecule has 1 unspecified atom stereocenters. The number of rotatable bonds is 1. The molecular formula is C4H10NP. The van der Waals surface area contributed by atoms with Gasteiger partial charge in [-0.15, -0.1) is 8.58 Å². The van der Waals surface area contributed by atoms with E-state index in [1.54, 1.807) is 0 Å². The third-order valence-electron chi connectivity index (χ3n) is 1.29. The van der Waals surface area contributed by atoms with E-state index in [-0.39, 0.29) is 0 Å². The van der Waals surface area contributed by atoms with Gasteiger partial charge >= 0.3 is 0 Å². The van der Waals surface area contributed by atoms with Crippen molar-refractivity contribution in [2.45, 2.75) is 18.1 Å². The molecule has 0 aromatic carbocycles. The summed E-state index contributed by atoms with van der Waals surface area (Å²) < 4.78 is 0. The van der Waals surface area contributed by atoms with Crippen LogP contribution in [0.3, 0.4) is 0 Å². The maximum Gasteiger partial charge on any atom is 0.0325 e. The van der Waals surface area contributed by atoms with Crippen molar-refractivity contribution in [2.75, 3.05) is 6.66 Å². The second-order valence-corrected chi connectivity index (χ2v) is 3.40. The van der Waals surface area contributed by atoms with Crippen molar-refractivity contribution in [1.82, 2.24) is 0 Å². The third kappa shape index (κ3) is 0.717. The fourth-order valence-corrected chi connectivity index (χ4v) is 1.01. The molecule has 6 heavy (non-hydrogen) atoms. The minimum atomic E-state index is 0.319. The van der Waals surface area contributed by atoms with Crippen LogP contribution < -0.4 is 5.73 Å². The zero-order chi connectivity index (χ0) is 4.62. The van der Waals surface area contributed by atoms with Gasteiger partial charge in [0.15, 0.2) is 0 Å². The Morgan fingerprint density at radius 1 is 1.67 bits per heavy atom. The molecule has 36 valence electrons. The first-order valence-corrected chi connectivity index (χ1v) is 3.75. The van der Waals surface area contributed by atoms with E-state index in [4.69, 9.17) is 5.73 Å². The van der Waals surface area contributed by atoms with Crippen molar-refractivity contribution in [3.63, 3.8) is 0 Å². The Morgan fingerprint density at radius 3 is 2.17 bits per heavy atom. The van der Waals surface area contributed by atoms with Crippen LogP contribution in [0.1, 0.15) is 12.8 Å². The van der Waals surface area contributed by atoms with Crippen LogP contribution in [0.5, 0.6) is 0 Å². The van der Waals surface area contributed by atoms with Crippen LogP contribution in [0.15, 0.2) is 0 Å². The Balaban J connectivity index is 2.28. The molecule has 1 aliphatic carbocycles. The quantitative estimate of drug-likeness (QED) is 0.487. The molecule has 0 radical (unpaired) electrons. The number of hydrogen-bond acceptors (Lipinski definition) is 1. The summed E-state index contributed by atoms with van der Waals surface area (Å²) in [5.41, 5.74) is 5.66. The van der Waals surface area contributed by atoms with Gasteiger partial charge < -0.3 is 5.73 Å². The van der Waals surface area contributed by atoms with Crippen LogP contribution in [0, 0.1) is 0 Å². The summed E-state index contributed by atoms with van der Waals surface area (Å²) in [6.45, 7) is 2.17. The molecule has 1 rings (SSSR count). The van der Waals surface area contributed by atoms with Crippen molar-refractivity contribution in [1.29, 1.82) is 0 Å². The Hall–Kier alpha value is 0.390. The highest BCUT2D eigenvalue weighted by molar-refractivity contribution is 7.39. The zero-order valence-electron chi connectivity index (χ0n) is 3.99. The summed E-state index contributed by atoms with van der Waals surface area (Å²) in [5, 5.41) is 0.319. The topological polar surface area (TPSA) is 26.0 Å². The standard InChI is InChI=1S/C4H10NP/c1-6-4(5)2-3-4/h6H,2-3,5H2,1H3. The highest BCUT2D eigenvalue weighted by atomic mass is 31.1. The van der Waals surface area contributed by atoms with Gasteiger partial charge in [0.2, 0.25) is 0 Å². The SMILES string of the molecule is CPC1(N)CC1. The van der Waals surface area contributed by atoms with Gasteiger partial charge in [0, 0.05) is 5.28 Å². The predicted molar refractivity (Wildman–Crippen MR) is 30.4 cm³/mol. The van der Waals surface area contributed by atoms with Crippen molar-refractivity contribution < 1.29 is 0 Å². The van der Waals surface area contributed by atoms with Crippen molar-refractivity contribution in [3.8, 4) is 0 Å². The molecule has 0 saturated heterocycles. The van der Waals surface area contributed by atoms with Gasteiger partial charge in [-0.1, -0.05) is 0 Å². The van der Waals surface area contributed by atoms with Crippen LogP contribution in [0.25, 0.3) is 0 Å². The number of nitrogens with two attached hydrogens (primary N) is 1. The lowest BCUT2D eigenvalue weighted by Gasteiger charge is -1.98. The van der Waals surface area contributed by atoms with Gasteiger partial charge in [-0.2, -0.15) is 0 Å². The molecule has 1 saturated carbocycles. The van der Waals surface area contributed by atoms with Crippen LogP contribution in [-0.4, -0.2) is 11.9 Å². The van der Waals surface area contributed by atoms with Gasteiger partial charge in [-0.05, 0) is 19.5 Å². The van der Waals surface area contributed by atoms with E-state index in [1.807, 2.05) is 0 Å². The minimum Gasteiger partial charge on any atom is -0.322 e. The first-order valence-electron chi connectivity index (χ1n) is 2.25. The first kappa shape index (κ1) is 4.55. The second-order valence-electron chi connectivity index (χ2n) is 1.91. The van der Waals surface area contributed by atoms with E-state index >= 15 is 0 Å². The van der Waals surface area contributed by atoms with E-state index in [0.717, 1.165) is 8.58 Å². The van der Waals surface area contributed by atoms with Gasteiger partial charge in [0.05, 0.1) is 0 Å². The van der Waals surface area contributed by atoms with Gasteiger partial charge in [-0.3, -0.25) is 0 Å². The van der Waals surface area contributed by atoms with E-state index < -0.39 is 0 Å². The highest BCUT2D eigenvalue weighted by Gasteiger charge is 2.35. The molecular weight excluding hydrogens is 93.0 g/mol. The van der Waals surface area contributed by atoms with Crippen molar-refractivity contribution in [2.24, 2.45) is 5.73 Å². The van der Waals surface area contributed by atoms with Crippen LogP contribution in [0.2, 0.25) is 0 Å². The van der Waals surface area contributed by atoms with Gasteiger partial charge in [0.25, 0.3) is 0 Å². The molecule has 1 atom stereocenters. The second kappa shape index (κ2) is 1.18. The molecule has 2 heteroatoms. The zero-order valence-corrected chi connectivity index (χ0v) is 4.99. The smallest absolute Gasteiger partial charge is 0.0325 e. The minimum absolute atomic E-state index is 0.319. The fraction of sp³-hybridized carbons (Fsp3) is 1.00. The van der Waals surface area contributed by atoms with Crippen molar-refractivity contribution in [3.05, 3.63) is 0 Å². The summed E-state index contributed by atoms with van der Waals surface area (Å²) in [5.74, 6) is 0. The molecule has 0 aliphatic heterocycles. The number of hydrogen-bond donors (Lipinski definition) is 1. The normalized spacial score (nSPS) is 29.0. The van der Waals surface area contributed by atoms with Crippen LogP contribution >= 0.6 is 8.58 Å². The summed E-state index contributed by atoms with van der Waals surface area (Å²) in [6.07, 6.45) is 2.53. The Bertz CT molecular complexity index is 58.6. The summed E-state index contributed by atoms with van der Waals surface area (Å²) in [7, 11) is 0.956. The summed E-state index contributed by atoms with van der Waals surface area (Å²) in [6, 6.07) is 0. The maximum atomic E-state index is 5.66. The molecule has 2 N–H and O–H groups in total. The molecule has 0 spiro atoms. The molecule has 1 aliphatic rings. The molecule has 0 aromatic rings. The molecule has 0 aromatic heterocycles. The van der Waals surface area contributed by atoms with Crippen LogP contribution in [-0.2, 0) is 0 Å². The van der Waals surface area contributed by atoms with E-state index in [1.165, 1.54) is 12.8 Å². The lowest BCUT2D eigenvalue weighted by Crippen LogP contribution is -2.12.